The van der Waals surface area contributed by atoms with Crippen molar-refractivity contribution >= 4 is 10.0 Å². The summed E-state index contributed by atoms with van der Waals surface area (Å²) in [5.74, 6) is 0. The second-order valence-electron chi connectivity index (χ2n) is 5.32. The minimum absolute atomic E-state index is 0.170. The number of aromatic nitrogens is 2. The van der Waals surface area contributed by atoms with Crippen LogP contribution in [0, 0.1) is 6.92 Å². The van der Waals surface area contributed by atoms with E-state index in [9.17, 15) is 8.42 Å². The molecule has 6 heteroatoms. The Morgan fingerprint density at radius 1 is 1.37 bits per heavy atom. The van der Waals surface area contributed by atoms with Crippen LogP contribution < -0.4 is 4.72 Å². The summed E-state index contributed by atoms with van der Waals surface area (Å²) in [6.45, 7) is 2.50. The number of sulfonamides is 1. The Balaban J connectivity index is 1.74. The number of aryl methyl sites for hydroxylation is 2. The van der Waals surface area contributed by atoms with Crippen LogP contribution in [0.3, 0.4) is 0 Å². The molecule has 0 radical (unpaired) electrons. The summed E-state index contributed by atoms with van der Waals surface area (Å²) < 4.78 is 26.9. The fourth-order valence-corrected chi connectivity index (χ4v) is 4.23. The largest absolute Gasteiger partial charge is 0.283 e. The number of rotatable bonds is 6. The molecule has 5 nitrogen and oxygen atoms in total. The summed E-state index contributed by atoms with van der Waals surface area (Å²) in [5, 5.41) is 6.68. The fourth-order valence-electron chi connectivity index (χ4n) is 2.61. The van der Waals surface area contributed by atoms with E-state index < -0.39 is 10.0 Å². The maximum absolute atomic E-state index is 12.1. The zero-order valence-corrected chi connectivity index (χ0v) is 12.3. The standard InChI is InChI=1S/C13H23N3O2S/c1-11-12(10-14-16-11)6-5-9-15-19(17,18)13-7-3-2-4-8-13/h10,13,15H,2-9H2,1H3,(H,14,16). The van der Waals surface area contributed by atoms with Crippen molar-refractivity contribution in [2.75, 3.05) is 6.54 Å². The van der Waals surface area contributed by atoms with E-state index in [2.05, 4.69) is 14.9 Å². The minimum Gasteiger partial charge on any atom is -0.283 e. The molecular weight excluding hydrogens is 262 g/mol. The van der Waals surface area contributed by atoms with Gasteiger partial charge in [-0.1, -0.05) is 19.3 Å². The van der Waals surface area contributed by atoms with Crippen molar-refractivity contribution in [2.45, 2.75) is 57.1 Å². The molecule has 1 aliphatic carbocycles. The second kappa shape index (κ2) is 6.52. The van der Waals surface area contributed by atoms with Crippen molar-refractivity contribution in [3.05, 3.63) is 17.5 Å². The summed E-state index contributed by atoms with van der Waals surface area (Å²) >= 11 is 0. The molecule has 2 N–H and O–H groups in total. The second-order valence-corrected chi connectivity index (χ2v) is 7.37. The van der Waals surface area contributed by atoms with Gasteiger partial charge in [0.15, 0.2) is 0 Å². The normalized spacial score (nSPS) is 17.7. The molecule has 1 saturated carbocycles. The van der Waals surface area contributed by atoms with E-state index in [0.29, 0.717) is 6.54 Å². The van der Waals surface area contributed by atoms with Crippen molar-refractivity contribution in [2.24, 2.45) is 0 Å². The third-order valence-electron chi connectivity index (χ3n) is 3.85. The van der Waals surface area contributed by atoms with Crippen LogP contribution in [0.5, 0.6) is 0 Å². The topological polar surface area (TPSA) is 74.8 Å². The number of hydrogen-bond donors (Lipinski definition) is 2. The van der Waals surface area contributed by atoms with Gasteiger partial charge in [0, 0.05) is 12.2 Å². The quantitative estimate of drug-likeness (QED) is 0.784. The third-order valence-corrected chi connectivity index (χ3v) is 5.81. The van der Waals surface area contributed by atoms with Gasteiger partial charge in [0.1, 0.15) is 0 Å². The molecular formula is C13H23N3O2S. The van der Waals surface area contributed by atoms with E-state index in [-0.39, 0.29) is 5.25 Å². The molecule has 1 aromatic heterocycles. The van der Waals surface area contributed by atoms with Gasteiger partial charge in [-0.3, -0.25) is 5.10 Å². The molecule has 0 atom stereocenters. The lowest BCUT2D eigenvalue weighted by molar-refractivity contribution is 0.477. The van der Waals surface area contributed by atoms with E-state index in [1.165, 1.54) is 6.42 Å². The fraction of sp³-hybridized carbons (Fsp3) is 0.769. The van der Waals surface area contributed by atoms with Gasteiger partial charge in [0.2, 0.25) is 10.0 Å². The van der Waals surface area contributed by atoms with Gasteiger partial charge in [0.25, 0.3) is 0 Å². The van der Waals surface area contributed by atoms with Crippen molar-refractivity contribution in [3.63, 3.8) is 0 Å². The number of nitrogens with zero attached hydrogens (tertiary/aromatic N) is 1. The zero-order chi connectivity index (χ0) is 13.7. The van der Waals surface area contributed by atoms with E-state index in [4.69, 9.17) is 0 Å². The Morgan fingerprint density at radius 3 is 2.74 bits per heavy atom. The first-order chi connectivity index (χ1) is 9.09. The molecule has 108 valence electrons. The third kappa shape index (κ3) is 4.04. The molecule has 0 bridgehead atoms. The van der Waals surface area contributed by atoms with Gasteiger partial charge in [-0.2, -0.15) is 5.10 Å². The van der Waals surface area contributed by atoms with Crippen LogP contribution in [-0.2, 0) is 16.4 Å². The Bertz CT molecular complexity index is 490. The van der Waals surface area contributed by atoms with Crippen LogP contribution in [0.4, 0.5) is 0 Å². The highest BCUT2D eigenvalue weighted by Gasteiger charge is 2.26. The van der Waals surface area contributed by atoms with Crippen LogP contribution >= 0.6 is 0 Å². The Labute approximate surface area is 115 Å². The molecule has 0 aliphatic heterocycles. The lowest BCUT2D eigenvalue weighted by Gasteiger charge is -2.21. The van der Waals surface area contributed by atoms with Crippen LogP contribution in [0.1, 0.15) is 49.8 Å². The first-order valence-electron chi connectivity index (χ1n) is 7.07. The Morgan fingerprint density at radius 2 is 2.11 bits per heavy atom. The molecule has 0 spiro atoms. The molecule has 0 amide bonds. The SMILES string of the molecule is Cc1[nH]ncc1CCCNS(=O)(=O)C1CCCCC1. The summed E-state index contributed by atoms with van der Waals surface area (Å²) in [4.78, 5) is 0. The van der Waals surface area contributed by atoms with E-state index in [1.54, 1.807) is 0 Å². The minimum atomic E-state index is -3.11. The predicted molar refractivity (Wildman–Crippen MR) is 75.4 cm³/mol. The van der Waals surface area contributed by atoms with Crippen molar-refractivity contribution in [3.8, 4) is 0 Å². The molecule has 1 aliphatic rings. The number of nitrogens with one attached hydrogen (secondary N) is 2. The van der Waals surface area contributed by atoms with Gasteiger partial charge in [-0.25, -0.2) is 13.1 Å². The van der Waals surface area contributed by atoms with Crippen LogP contribution in [0.25, 0.3) is 0 Å². The smallest absolute Gasteiger partial charge is 0.214 e. The van der Waals surface area contributed by atoms with E-state index >= 15 is 0 Å². The molecule has 0 unspecified atom stereocenters. The molecule has 19 heavy (non-hydrogen) atoms. The highest BCUT2D eigenvalue weighted by atomic mass is 32.2. The summed E-state index contributed by atoms with van der Waals surface area (Å²) in [7, 11) is -3.11. The molecule has 1 fully saturated rings. The number of aromatic amines is 1. The van der Waals surface area contributed by atoms with Crippen LogP contribution in [0.2, 0.25) is 0 Å². The molecule has 1 aromatic rings. The summed E-state index contributed by atoms with van der Waals surface area (Å²) in [6, 6.07) is 0. The monoisotopic (exact) mass is 285 g/mol. The summed E-state index contributed by atoms with van der Waals surface area (Å²) in [5.41, 5.74) is 2.23. The van der Waals surface area contributed by atoms with E-state index in [0.717, 1.165) is 49.8 Å². The Kier molecular flexibility index (Phi) is 4.99. The highest BCUT2D eigenvalue weighted by molar-refractivity contribution is 7.90. The molecule has 1 heterocycles. The van der Waals surface area contributed by atoms with Crippen molar-refractivity contribution < 1.29 is 8.42 Å². The molecule has 0 saturated heterocycles. The van der Waals surface area contributed by atoms with Gasteiger partial charge in [-0.15, -0.1) is 0 Å². The van der Waals surface area contributed by atoms with Crippen molar-refractivity contribution in [1.29, 1.82) is 0 Å². The molecule has 0 aromatic carbocycles. The number of H-pyrrole nitrogens is 1. The average molecular weight is 285 g/mol. The first-order valence-corrected chi connectivity index (χ1v) is 8.61. The van der Waals surface area contributed by atoms with E-state index in [1.807, 2.05) is 13.1 Å². The zero-order valence-electron chi connectivity index (χ0n) is 11.5. The lowest BCUT2D eigenvalue weighted by Crippen LogP contribution is -2.36. The Hall–Kier alpha value is -0.880. The predicted octanol–water partition coefficient (Wildman–Crippen LogP) is 1.90. The summed E-state index contributed by atoms with van der Waals surface area (Å²) in [6.07, 6.45) is 8.37. The van der Waals surface area contributed by atoms with Crippen molar-refractivity contribution in [1.82, 2.24) is 14.9 Å². The van der Waals surface area contributed by atoms with Crippen LogP contribution in [0.15, 0.2) is 6.20 Å². The number of hydrogen-bond acceptors (Lipinski definition) is 3. The molecule has 2 rings (SSSR count). The van der Waals surface area contributed by atoms with Gasteiger partial charge in [-0.05, 0) is 38.2 Å². The van der Waals surface area contributed by atoms with Gasteiger partial charge >= 0.3 is 0 Å². The van der Waals surface area contributed by atoms with Gasteiger partial charge in [0.05, 0.1) is 11.4 Å². The lowest BCUT2D eigenvalue weighted by atomic mass is 10.0. The van der Waals surface area contributed by atoms with Crippen LogP contribution in [-0.4, -0.2) is 30.4 Å². The van der Waals surface area contributed by atoms with Gasteiger partial charge < -0.3 is 0 Å². The average Bonchev–Trinajstić information content (AvgIpc) is 2.81. The highest BCUT2D eigenvalue weighted by Crippen LogP contribution is 2.22. The maximum Gasteiger partial charge on any atom is 0.214 e. The maximum atomic E-state index is 12.1. The first kappa shape index (κ1) is 14.5.